The van der Waals surface area contributed by atoms with Crippen LogP contribution < -0.4 is 4.72 Å². The van der Waals surface area contributed by atoms with Crippen molar-refractivity contribution in [2.75, 3.05) is 7.05 Å². The predicted octanol–water partition coefficient (Wildman–Crippen LogP) is 1.48. The van der Waals surface area contributed by atoms with Gasteiger partial charge in [0.25, 0.3) is 10.2 Å². The summed E-state index contributed by atoms with van der Waals surface area (Å²) < 4.78 is 27.9. The molecule has 2 rings (SSSR count). The molecule has 1 heterocycles. The summed E-state index contributed by atoms with van der Waals surface area (Å²) in [6.07, 6.45) is 3.52. The zero-order chi connectivity index (χ0) is 13.7. The van der Waals surface area contributed by atoms with E-state index in [1.807, 2.05) is 36.4 Å². The highest BCUT2D eigenvalue weighted by Crippen LogP contribution is 2.06. The first-order chi connectivity index (χ1) is 9.08. The molecular formula is C13H17N3O2S. The van der Waals surface area contributed by atoms with E-state index in [-0.39, 0.29) is 6.54 Å². The number of hydrogen-bond acceptors (Lipinski definition) is 2. The Morgan fingerprint density at radius 3 is 2.53 bits per heavy atom. The molecule has 1 aromatic heterocycles. The second-order valence-electron chi connectivity index (χ2n) is 4.29. The quantitative estimate of drug-likeness (QED) is 0.841. The molecule has 0 amide bonds. The van der Waals surface area contributed by atoms with Crippen molar-refractivity contribution >= 4 is 10.2 Å². The molecule has 0 atom stereocenters. The molecule has 0 spiro atoms. The van der Waals surface area contributed by atoms with Crippen LogP contribution in [0, 0.1) is 0 Å². The van der Waals surface area contributed by atoms with Crippen molar-refractivity contribution in [3.8, 4) is 0 Å². The standard InChI is InChI=1S/C13H17N3O2S/c1-16(11-12-5-3-2-4-6-12)19(17,18)15-10-13-7-8-14-9-13/h2-9,14-15H,10-11H2,1H3. The molecule has 0 aliphatic carbocycles. The van der Waals surface area contributed by atoms with E-state index in [1.54, 1.807) is 19.4 Å². The van der Waals surface area contributed by atoms with Gasteiger partial charge >= 0.3 is 0 Å². The van der Waals surface area contributed by atoms with Crippen LogP contribution in [0.5, 0.6) is 0 Å². The average Bonchev–Trinajstić information content (AvgIpc) is 2.91. The Balaban J connectivity index is 1.95. The molecule has 0 saturated heterocycles. The van der Waals surface area contributed by atoms with Gasteiger partial charge in [-0.1, -0.05) is 30.3 Å². The minimum Gasteiger partial charge on any atom is -0.367 e. The summed E-state index contributed by atoms with van der Waals surface area (Å²) in [6, 6.07) is 11.3. The van der Waals surface area contributed by atoms with Gasteiger partial charge in [0.1, 0.15) is 0 Å². The third-order valence-corrected chi connectivity index (χ3v) is 4.24. The first kappa shape index (κ1) is 13.8. The Labute approximate surface area is 113 Å². The van der Waals surface area contributed by atoms with Crippen LogP contribution in [0.2, 0.25) is 0 Å². The molecule has 0 aliphatic rings. The maximum absolute atomic E-state index is 12.0. The monoisotopic (exact) mass is 279 g/mol. The molecule has 2 N–H and O–H groups in total. The number of nitrogens with zero attached hydrogens (tertiary/aromatic N) is 1. The van der Waals surface area contributed by atoms with Crippen LogP contribution in [0.4, 0.5) is 0 Å². The lowest BCUT2D eigenvalue weighted by Crippen LogP contribution is -2.37. The maximum atomic E-state index is 12.0. The van der Waals surface area contributed by atoms with Gasteiger partial charge < -0.3 is 4.98 Å². The Morgan fingerprint density at radius 1 is 1.16 bits per heavy atom. The van der Waals surface area contributed by atoms with E-state index in [0.717, 1.165) is 11.1 Å². The second kappa shape index (κ2) is 6.01. The third kappa shape index (κ3) is 3.92. The number of aromatic amines is 1. The molecule has 1 aromatic carbocycles. The summed E-state index contributed by atoms with van der Waals surface area (Å²) in [5.74, 6) is 0. The fourth-order valence-corrected chi connectivity index (χ4v) is 2.57. The largest absolute Gasteiger partial charge is 0.367 e. The lowest BCUT2D eigenvalue weighted by Gasteiger charge is -2.17. The first-order valence-electron chi connectivity index (χ1n) is 5.94. The molecule has 5 nitrogen and oxygen atoms in total. The Hall–Kier alpha value is -1.63. The summed E-state index contributed by atoms with van der Waals surface area (Å²) in [7, 11) is -1.90. The van der Waals surface area contributed by atoms with Gasteiger partial charge in [0.2, 0.25) is 0 Å². The molecule has 6 heteroatoms. The summed E-state index contributed by atoms with van der Waals surface area (Å²) in [5.41, 5.74) is 1.86. The molecule has 0 bridgehead atoms. The van der Waals surface area contributed by atoms with Crippen molar-refractivity contribution in [1.82, 2.24) is 14.0 Å². The van der Waals surface area contributed by atoms with E-state index in [9.17, 15) is 8.42 Å². The summed E-state index contributed by atoms with van der Waals surface area (Å²) in [5, 5.41) is 0. The Morgan fingerprint density at radius 2 is 1.89 bits per heavy atom. The van der Waals surface area contributed by atoms with Crippen molar-refractivity contribution < 1.29 is 8.42 Å². The molecule has 0 radical (unpaired) electrons. The van der Waals surface area contributed by atoms with E-state index < -0.39 is 10.2 Å². The van der Waals surface area contributed by atoms with E-state index in [1.165, 1.54) is 4.31 Å². The van der Waals surface area contributed by atoms with Crippen LogP contribution in [-0.2, 0) is 23.3 Å². The molecule has 102 valence electrons. The average molecular weight is 279 g/mol. The van der Waals surface area contributed by atoms with Crippen LogP contribution in [-0.4, -0.2) is 24.8 Å². The van der Waals surface area contributed by atoms with Gasteiger partial charge in [-0.3, -0.25) is 0 Å². The third-order valence-electron chi connectivity index (χ3n) is 2.78. The number of rotatable bonds is 6. The summed E-state index contributed by atoms with van der Waals surface area (Å²) in [4.78, 5) is 2.89. The van der Waals surface area contributed by atoms with E-state index >= 15 is 0 Å². The fourth-order valence-electron chi connectivity index (χ4n) is 1.68. The SMILES string of the molecule is CN(Cc1ccccc1)S(=O)(=O)NCc1cc[nH]c1. The lowest BCUT2D eigenvalue weighted by molar-refractivity contribution is 0.455. The zero-order valence-electron chi connectivity index (χ0n) is 10.7. The Bertz CT molecular complexity index is 594. The predicted molar refractivity (Wildman–Crippen MR) is 74.5 cm³/mol. The van der Waals surface area contributed by atoms with Crippen molar-refractivity contribution in [2.24, 2.45) is 0 Å². The summed E-state index contributed by atoms with van der Waals surface area (Å²) >= 11 is 0. The first-order valence-corrected chi connectivity index (χ1v) is 7.38. The van der Waals surface area contributed by atoms with E-state index in [4.69, 9.17) is 0 Å². The maximum Gasteiger partial charge on any atom is 0.279 e. The minimum absolute atomic E-state index is 0.283. The molecule has 0 saturated carbocycles. The minimum atomic E-state index is -3.47. The van der Waals surface area contributed by atoms with Gasteiger partial charge in [0.15, 0.2) is 0 Å². The van der Waals surface area contributed by atoms with E-state index in [0.29, 0.717) is 6.54 Å². The van der Waals surface area contributed by atoms with Crippen LogP contribution in [0.25, 0.3) is 0 Å². The summed E-state index contributed by atoms with van der Waals surface area (Å²) in [6.45, 7) is 0.633. The van der Waals surface area contributed by atoms with Crippen LogP contribution in [0.3, 0.4) is 0 Å². The van der Waals surface area contributed by atoms with Gasteiger partial charge in [-0.15, -0.1) is 0 Å². The van der Waals surface area contributed by atoms with Gasteiger partial charge in [0, 0.05) is 32.5 Å². The molecule has 0 aliphatic heterocycles. The molecular weight excluding hydrogens is 262 g/mol. The topological polar surface area (TPSA) is 65.2 Å². The smallest absolute Gasteiger partial charge is 0.279 e. The van der Waals surface area contributed by atoms with Crippen molar-refractivity contribution in [1.29, 1.82) is 0 Å². The molecule has 0 fully saturated rings. The van der Waals surface area contributed by atoms with Gasteiger partial charge in [0.05, 0.1) is 0 Å². The highest BCUT2D eigenvalue weighted by atomic mass is 32.2. The van der Waals surface area contributed by atoms with Gasteiger partial charge in [-0.05, 0) is 17.2 Å². The molecule has 0 unspecified atom stereocenters. The Kier molecular flexibility index (Phi) is 4.36. The highest BCUT2D eigenvalue weighted by molar-refractivity contribution is 7.87. The van der Waals surface area contributed by atoms with Gasteiger partial charge in [-0.2, -0.15) is 17.4 Å². The number of nitrogens with one attached hydrogen (secondary N) is 2. The van der Waals surface area contributed by atoms with E-state index in [2.05, 4.69) is 9.71 Å². The van der Waals surface area contributed by atoms with Crippen molar-refractivity contribution in [2.45, 2.75) is 13.1 Å². The number of H-pyrrole nitrogens is 1. The lowest BCUT2D eigenvalue weighted by atomic mass is 10.2. The van der Waals surface area contributed by atoms with Gasteiger partial charge in [-0.25, -0.2) is 0 Å². The van der Waals surface area contributed by atoms with Crippen molar-refractivity contribution in [3.05, 3.63) is 59.9 Å². The molecule has 2 aromatic rings. The normalized spacial score (nSPS) is 11.9. The van der Waals surface area contributed by atoms with Crippen molar-refractivity contribution in [3.63, 3.8) is 0 Å². The number of hydrogen-bond donors (Lipinski definition) is 2. The van der Waals surface area contributed by atoms with Crippen LogP contribution >= 0.6 is 0 Å². The number of benzene rings is 1. The number of aromatic nitrogens is 1. The fraction of sp³-hybridized carbons (Fsp3) is 0.231. The second-order valence-corrected chi connectivity index (χ2v) is 6.15. The van der Waals surface area contributed by atoms with Crippen LogP contribution in [0.15, 0.2) is 48.8 Å². The highest BCUT2D eigenvalue weighted by Gasteiger charge is 2.17. The van der Waals surface area contributed by atoms with Crippen LogP contribution in [0.1, 0.15) is 11.1 Å². The zero-order valence-corrected chi connectivity index (χ0v) is 11.5. The molecule has 19 heavy (non-hydrogen) atoms.